The molecule has 1 rings (SSSR count). The Bertz CT molecular complexity index is 190. The monoisotopic (exact) mass is 223 g/mol. The van der Waals surface area contributed by atoms with E-state index in [1.54, 1.807) is 0 Å². The van der Waals surface area contributed by atoms with Crippen LogP contribution in [0.25, 0.3) is 0 Å². The second-order valence-electron chi connectivity index (χ2n) is 3.35. The van der Waals surface area contributed by atoms with Gasteiger partial charge in [-0.15, -0.1) is 0 Å². The van der Waals surface area contributed by atoms with Gasteiger partial charge in [-0.3, -0.25) is 0 Å². The molecule has 90 valence electrons. The van der Waals surface area contributed by atoms with E-state index >= 15 is 0 Å². The van der Waals surface area contributed by atoms with Crippen LogP contribution >= 0.6 is 0 Å². The highest BCUT2D eigenvalue weighted by atomic mass is 16.6. The lowest BCUT2D eigenvalue weighted by Crippen LogP contribution is -2.59. The van der Waals surface area contributed by atoms with Crippen molar-refractivity contribution in [1.82, 2.24) is 0 Å². The summed E-state index contributed by atoms with van der Waals surface area (Å²) in [5.74, 6) is 0. The molecule has 0 radical (unpaired) electrons. The number of aliphatic hydroxyl groups excluding tert-OH is 4. The molecule has 0 saturated carbocycles. The number of ether oxygens (including phenoxy) is 2. The molecule has 0 aliphatic carbocycles. The molecule has 5 atom stereocenters. The smallest absolute Gasteiger partial charge is 0.184 e. The van der Waals surface area contributed by atoms with Crippen LogP contribution in [0.1, 0.15) is 0 Å². The van der Waals surface area contributed by atoms with Crippen molar-refractivity contribution >= 4 is 0 Å². The Labute approximate surface area is 87.0 Å². The summed E-state index contributed by atoms with van der Waals surface area (Å²) in [6, 6.07) is 0. The summed E-state index contributed by atoms with van der Waals surface area (Å²) < 4.78 is 9.99. The van der Waals surface area contributed by atoms with E-state index in [-0.39, 0.29) is 13.2 Å². The molecule has 7 heteroatoms. The third kappa shape index (κ3) is 2.85. The first-order chi connectivity index (χ1) is 7.11. The summed E-state index contributed by atoms with van der Waals surface area (Å²) in [5.41, 5.74) is 5.22. The summed E-state index contributed by atoms with van der Waals surface area (Å²) in [7, 11) is 0. The van der Waals surface area contributed by atoms with Gasteiger partial charge in [-0.25, -0.2) is 0 Å². The van der Waals surface area contributed by atoms with Gasteiger partial charge in [0.05, 0.1) is 13.2 Å². The molecular weight excluding hydrogens is 206 g/mol. The molecule has 0 aromatic heterocycles. The van der Waals surface area contributed by atoms with Crippen molar-refractivity contribution in [3.05, 3.63) is 0 Å². The Hall–Kier alpha value is -0.280. The van der Waals surface area contributed by atoms with Crippen LogP contribution in [0.4, 0.5) is 0 Å². The normalized spacial score (nSPS) is 41.8. The second-order valence-corrected chi connectivity index (χ2v) is 3.35. The van der Waals surface area contributed by atoms with Crippen LogP contribution in [0, 0.1) is 0 Å². The molecule has 1 fully saturated rings. The van der Waals surface area contributed by atoms with E-state index in [1.165, 1.54) is 0 Å². The fourth-order valence-electron chi connectivity index (χ4n) is 1.48. The van der Waals surface area contributed by atoms with Crippen LogP contribution in [-0.2, 0) is 9.47 Å². The number of rotatable bonds is 4. The molecule has 0 aromatic carbocycles. The van der Waals surface area contributed by atoms with Crippen molar-refractivity contribution < 1.29 is 29.9 Å². The van der Waals surface area contributed by atoms with E-state index in [4.69, 9.17) is 25.4 Å². The van der Waals surface area contributed by atoms with E-state index in [1.807, 2.05) is 0 Å². The molecule has 6 N–H and O–H groups in total. The molecule has 1 heterocycles. The lowest BCUT2D eigenvalue weighted by molar-refractivity contribution is -0.293. The fraction of sp³-hybridized carbons (Fsp3) is 1.00. The van der Waals surface area contributed by atoms with Crippen molar-refractivity contribution in [3.63, 3.8) is 0 Å². The quantitative estimate of drug-likeness (QED) is 0.339. The largest absolute Gasteiger partial charge is 0.394 e. The highest BCUT2D eigenvalue weighted by Gasteiger charge is 2.44. The van der Waals surface area contributed by atoms with Crippen LogP contribution in [-0.4, -0.2) is 70.9 Å². The van der Waals surface area contributed by atoms with Gasteiger partial charge in [-0.2, -0.15) is 0 Å². The molecule has 1 saturated heterocycles. The predicted octanol–water partition coefficient (Wildman–Crippen LogP) is -3.24. The first-order valence-corrected chi connectivity index (χ1v) is 4.74. The van der Waals surface area contributed by atoms with Crippen molar-refractivity contribution in [2.75, 3.05) is 19.8 Å². The van der Waals surface area contributed by atoms with Gasteiger partial charge >= 0.3 is 0 Å². The maximum Gasteiger partial charge on any atom is 0.184 e. The first kappa shape index (κ1) is 12.8. The van der Waals surface area contributed by atoms with Gasteiger partial charge in [0.15, 0.2) is 6.29 Å². The van der Waals surface area contributed by atoms with Crippen LogP contribution in [0.5, 0.6) is 0 Å². The number of aliphatic hydroxyl groups is 4. The van der Waals surface area contributed by atoms with Gasteiger partial charge in [0.1, 0.15) is 24.4 Å². The molecule has 0 spiro atoms. The van der Waals surface area contributed by atoms with E-state index in [2.05, 4.69) is 0 Å². The summed E-state index contributed by atoms with van der Waals surface area (Å²) in [6.07, 6.45) is -6.04. The minimum atomic E-state index is -1.52. The Morgan fingerprint density at radius 1 is 1.20 bits per heavy atom. The van der Waals surface area contributed by atoms with E-state index < -0.39 is 37.3 Å². The summed E-state index contributed by atoms with van der Waals surface area (Å²) in [5, 5.41) is 37.0. The van der Waals surface area contributed by atoms with Crippen LogP contribution in [0.3, 0.4) is 0 Å². The first-order valence-electron chi connectivity index (χ1n) is 4.74. The lowest BCUT2D eigenvalue weighted by atomic mass is 9.99. The lowest BCUT2D eigenvalue weighted by Gasteiger charge is -2.39. The highest BCUT2D eigenvalue weighted by molar-refractivity contribution is 4.89. The molecule has 0 unspecified atom stereocenters. The molecule has 7 nitrogen and oxygen atoms in total. The SMILES string of the molecule is NCCO[C@H]1[C@H](O)[C@@H](O)[C@H](O)O[C@@H]1CO. The Kier molecular flexibility index (Phi) is 4.87. The van der Waals surface area contributed by atoms with Gasteiger partial charge in [0, 0.05) is 6.54 Å². The minimum Gasteiger partial charge on any atom is -0.394 e. The zero-order valence-electron chi connectivity index (χ0n) is 8.19. The average molecular weight is 223 g/mol. The minimum absolute atomic E-state index is 0.171. The van der Waals surface area contributed by atoms with Gasteiger partial charge in [-0.1, -0.05) is 0 Å². The Morgan fingerprint density at radius 3 is 2.40 bits per heavy atom. The maximum atomic E-state index is 9.57. The van der Waals surface area contributed by atoms with Gasteiger partial charge in [0.2, 0.25) is 0 Å². The molecule has 0 aromatic rings. The van der Waals surface area contributed by atoms with Crippen molar-refractivity contribution in [2.24, 2.45) is 5.73 Å². The van der Waals surface area contributed by atoms with Gasteiger partial charge < -0.3 is 35.6 Å². The van der Waals surface area contributed by atoms with E-state index in [0.29, 0.717) is 0 Å². The van der Waals surface area contributed by atoms with Crippen LogP contribution < -0.4 is 5.73 Å². The van der Waals surface area contributed by atoms with Crippen molar-refractivity contribution in [1.29, 1.82) is 0 Å². The average Bonchev–Trinajstić information content (AvgIpc) is 2.24. The van der Waals surface area contributed by atoms with E-state index in [9.17, 15) is 10.2 Å². The highest BCUT2D eigenvalue weighted by Crippen LogP contribution is 2.21. The zero-order valence-corrected chi connectivity index (χ0v) is 8.19. The zero-order chi connectivity index (χ0) is 11.4. The summed E-state index contributed by atoms with van der Waals surface area (Å²) >= 11 is 0. The van der Waals surface area contributed by atoms with Crippen LogP contribution in [0.2, 0.25) is 0 Å². The molecule has 1 aliphatic rings. The molecule has 0 amide bonds. The Balaban J connectivity index is 2.62. The molecule has 0 bridgehead atoms. The van der Waals surface area contributed by atoms with E-state index in [0.717, 1.165) is 0 Å². The predicted molar refractivity (Wildman–Crippen MR) is 48.8 cm³/mol. The van der Waals surface area contributed by atoms with Crippen molar-refractivity contribution in [3.8, 4) is 0 Å². The third-order valence-electron chi connectivity index (χ3n) is 2.27. The summed E-state index contributed by atoms with van der Waals surface area (Å²) in [4.78, 5) is 0. The standard InChI is InChI=1S/C8H17NO6/c9-1-2-14-7-4(3-10)15-8(13)6(12)5(7)11/h4-8,10-13H,1-3,9H2/t4-,5-,6-,7-,8-/m1/s1. The Morgan fingerprint density at radius 2 is 1.87 bits per heavy atom. The summed E-state index contributed by atoms with van der Waals surface area (Å²) in [6.45, 7) is 0.000493. The number of nitrogens with two attached hydrogens (primary N) is 1. The third-order valence-corrected chi connectivity index (χ3v) is 2.27. The van der Waals surface area contributed by atoms with Gasteiger partial charge in [0.25, 0.3) is 0 Å². The van der Waals surface area contributed by atoms with Gasteiger partial charge in [-0.05, 0) is 0 Å². The maximum absolute atomic E-state index is 9.57. The van der Waals surface area contributed by atoms with Crippen molar-refractivity contribution in [2.45, 2.75) is 30.7 Å². The molecular formula is C8H17NO6. The fourth-order valence-corrected chi connectivity index (χ4v) is 1.48. The van der Waals surface area contributed by atoms with Crippen LogP contribution in [0.15, 0.2) is 0 Å². The number of hydrogen-bond acceptors (Lipinski definition) is 7. The number of hydrogen-bond donors (Lipinski definition) is 5. The molecule has 1 aliphatic heterocycles. The second kappa shape index (κ2) is 5.71. The topological polar surface area (TPSA) is 125 Å². The molecule has 15 heavy (non-hydrogen) atoms.